The molecular formula is C19H16N4OS. The molecule has 124 valence electrons. The highest BCUT2D eigenvalue weighted by Gasteiger charge is 2.12. The molecule has 3 heterocycles. The first-order valence-corrected chi connectivity index (χ1v) is 8.85. The van der Waals surface area contributed by atoms with Gasteiger partial charge in [-0.25, -0.2) is 4.98 Å². The minimum atomic E-state index is -0.0275. The molecule has 0 atom stereocenters. The molecule has 0 saturated carbocycles. The molecule has 3 aromatic heterocycles. The van der Waals surface area contributed by atoms with E-state index in [1.165, 1.54) is 0 Å². The molecule has 0 spiro atoms. The van der Waals surface area contributed by atoms with Crippen LogP contribution in [-0.4, -0.2) is 20.3 Å². The lowest BCUT2D eigenvalue weighted by atomic mass is 10.2. The van der Waals surface area contributed by atoms with Crippen LogP contribution >= 0.6 is 11.3 Å². The van der Waals surface area contributed by atoms with Gasteiger partial charge in [0.15, 0.2) is 4.96 Å². The van der Waals surface area contributed by atoms with Crippen LogP contribution in [0.1, 0.15) is 11.4 Å². The Bertz CT molecular complexity index is 992. The molecule has 4 rings (SSSR count). The zero-order chi connectivity index (χ0) is 17.1. The fraction of sp³-hybridized carbons (Fsp3) is 0.105. The van der Waals surface area contributed by atoms with Crippen LogP contribution in [0.15, 0.2) is 66.3 Å². The molecule has 5 nitrogen and oxygen atoms in total. The molecule has 25 heavy (non-hydrogen) atoms. The van der Waals surface area contributed by atoms with Crippen molar-refractivity contribution in [3.05, 3.63) is 77.7 Å². The summed E-state index contributed by atoms with van der Waals surface area (Å²) in [6.07, 6.45) is 4.03. The molecule has 0 aliphatic carbocycles. The van der Waals surface area contributed by atoms with E-state index in [0.717, 1.165) is 27.6 Å². The Morgan fingerprint density at radius 1 is 1.12 bits per heavy atom. The number of carbonyl (C=O) groups excluding carboxylic acids is 1. The second-order valence-corrected chi connectivity index (χ2v) is 6.48. The Morgan fingerprint density at radius 3 is 2.76 bits per heavy atom. The van der Waals surface area contributed by atoms with Gasteiger partial charge in [-0.3, -0.25) is 14.2 Å². The van der Waals surface area contributed by atoms with Crippen molar-refractivity contribution in [3.63, 3.8) is 0 Å². The maximum Gasteiger partial charge on any atom is 0.226 e. The zero-order valence-corrected chi connectivity index (χ0v) is 14.2. The number of benzene rings is 1. The third kappa shape index (κ3) is 3.44. The van der Waals surface area contributed by atoms with Crippen molar-refractivity contribution in [1.29, 1.82) is 0 Å². The average Bonchev–Trinajstić information content (AvgIpc) is 3.24. The van der Waals surface area contributed by atoms with Gasteiger partial charge in [0.05, 0.1) is 24.4 Å². The van der Waals surface area contributed by atoms with Crippen molar-refractivity contribution in [2.75, 3.05) is 0 Å². The molecule has 4 aromatic rings. The third-order valence-electron chi connectivity index (χ3n) is 3.89. The maximum atomic E-state index is 12.2. The van der Waals surface area contributed by atoms with Gasteiger partial charge >= 0.3 is 0 Å². The van der Waals surface area contributed by atoms with Crippen molar-refractivity contribution in [1.82, 2.24) is 19.7 Å². The summed E-state index contributed by atoms with van der Waals surface area (Å²) in [7, 11) is 0. The summed E-state index contributed by atoms with van der Waals surface area (Å²) in [5.74, 6) is -0.0275. The fourth-order valence-corrected chi connectivity index (χ4v) is 3.50. The van der Waals surface area contributed by atoms with E-state index in [9.17, 15) is 4.79 Å². The number of thiazole rings is 1. The van der Waals surface area contributed by atoms with Gasteiger partial charge in [-0.05, 0) is 12.1 Å². The Labute approximate surface area is 149 Å². The van der Waals surface area contributed by atoms with Gasteiger partial charge in [-0.15, -0.1) is 11.3 Å². The van der Waals surface area contributed by atoms with Gasteiger partial charge < -0.3 is 5.32 Å². The molecule has 1 aromatic carbocycles. The minimum absolute atomic E-state index is 0.0275. The molecule has 1 N–H and O–H groups in total. The summed E-state index contributed by atoms with van der Waals surface area (Å²) >= 11 is 1.55. The number of hydrogen-bond acceptors (Lipinski definition) is 4. The number of fused-ring (bicyclic) bond motifs is 1. The minimum Gasteiger partial charge on any atom is -0.350 e. The molecule has 0 bridgehead atoms. The zero-order valence-electron chi connectivity index (χ0n) is 13.4. The average molecular weight is 348 g/mol. The smallest absolute Gasteiger partial charge is 0.226 e. The Morgan fingerprint density at radius 2 is 1.96 bits per heavy atom. The Balaban J connectivity index is 1.48. The molecule has 0 radical (unpaired) electrons. The summed E-state index contributed by atoms with van der Waals surface area (Å²) < 4.78 is 1.99. The van der Waals surface area contributed by atoms with Crippen molar-refractivity contribution in [3.8, 4) is 11.3 Å². The SMILES string of the molecule is O=C(Cc1csc2nc(-c3ccccc3)cn12)NCc1ccccn1. The number of rotatable bonds is 5. The topological polar surface area (TPSA) is 59.3 Å². The number of nitrogens with zero attached hydrogens (tertiary/aromatic N) is 3. The van der Waals surface area contributed by atoms with E-state index >= 15 is 0 Å². The predicted molar refractivity (Wildman–Crippen MR) is 98.3 cm³/mol. The number of aromatic nitrogens is 3. The Hall–Kier alpha value is -2.99. The lowest BCUT2D eigenvalue weighted by Crippen LogP contribution is -2.25. The van der Waals surface area contributed by atoms with Crippen LogP contribution in [0, 0.1) is 0 Å². The first-order valence-electron chi connectivity index (χ1n) is 7.97. The Kier molecular flexibility index (Phi) is 4.26. The van der Waals surface area contributed by atoms with Crippen molar-refractivity contribution in [2.45, 2.75) is 13.0 Å². The van der Waals surface area contributed by atoms with Crippen LogP contribution < -0.4 is 5.32 Å². The second kappa shape index (κ2) is 6.86. The van der Waals surface area contributed by atoms with E-state index in [0.29, 0.717) is 13.0 Å². The van der Waals surface area contributed by atoms with Gasteiger partial charge in [0.25, 0.3) is 0 Å². The van der Waals surface area contributed by atoms with Crippen LogP contribution in [0.25, 0.3) is 16.2 Å². The van der Waals surface area contributed by atoms with E-state index in [4.69, 9.17) is 0 Å². The van der Waals surface area contributed by atoms with E-state index in [2.05, 4.69) is 15.3 Å². The molecule has 0 fully saturated rings. The first-order chi connectivity index (χ1) is 12.3. The van der Waals surface area contributed by atoms with Crippen LogP contribution in [0.3, 0.4) is 0 Å². The highest BCUT2D eigenvalue weighted by molar-refractivity contribution is 7.15. The van der Waals surface area contributed by atoms with E-state index < -0.39 is 0 Å². The standard InChI is InChI=1S/C19H16N4OS/c24-18(21-11-15-8-4-5-9-20-15)10-16-13-25-19-22-17(12-23(16)19)14-6-2-1-3-7-14/h1-9,12-13H,10-11H2,(H,21,24). The number of carbonyl (C=O) groups is 1. The van der Waals surface area contributed by atoms with Crippen LogP contribution in [0.4, 0.5) is 0 Å². The number of amides is 1. The number of pyridine rings is 1. The van der Waals surface area contributed by atoms with Crippen LogP contribution in [0.5, 0.6) is 0 Å². The summed E-state index contributed by atoms with van der Waals surface area (Å²) in [4.78, 5) is 22.0. The highest BCUT2D eigenvalue weighted by atomic mass is 32.1. The van der Waals surface area contributed by atoms with Gasteiger partial charge in [0.1, 0.15) is 0 Å². The number of hydrogen-bond donors (Lipinski definition) is 1. The molecule has 0 unspecified atom stereocenters. The normalized spacial score (nSPS) is 10.9. The third-order valence-corrected chi connectivity index (χ3v) is 4.78. The molecule has 1 amide bonds. The summed E-state index contributed by atoms with van der Waals surface area (Å²) in [6.45, 7) is 0.437. The van der Waals surface area contributed by atoms with Gasteiger partial charge in [-0.2, -0.15) is 0 Å². The summed E-state index contributed by atoms with van der Waals surface area (Å²) in [5.41, 5.74) is 3.78. The molecular weight excluding hydrogens is 332 g/mol. The predicted octanol–water partition coefficient (Wildman–Crippen LogP) is 3.32. The van der Waals surface area contributed by atoms with E-state index in [1.54, 1.807) is 17.5 Å². The van der Waals surface area contributed by atoms with Crippen LogP contribution in [-0.2, 0) is 17.8 Å². The van der Waals surface area contributed by atoms with E-state index in [-0.39, 0.29) is 5.91 Å². The lowest BCUT2D eigenvalue weighted by molar-refractivity contribution is -0.120. The molecule has 0 aliphatic heterocycles. The molecule has 0 saturated heterocycles. The number of nitrogens with one attached hydrogen (secondary N) is 1. The van der Waals surface area contributed by atoms with Gasteiger partial charge in [0, 0.05) is 29.0 Å². The van der Waals surface area contributed by atoms with Gasteiger partial charge in [-0.1, -0.05) is 36.4 Å². The quantitative estimate of drug-likeness (QED) is 0.602. The second-order valence-electron chi connectivity index (χ2n) is 5.65. The lowest BCUT2D eigenvalue weighted by Gasteiger charge is -2.04. The van der Waals surface area contributed by atoms with Crippen molar-refractivity contribution >= 4 is 22.2 Å². The van der Waals surface area contributed by atoms with E-state index in [1.807, 2.05) is 64.5 Å². The largest absolute Gasteiger partial charge is 0.350 e. The van der Waals surface area contributed by atoms with Gasteiger partial charge in [0.2, 0.25) is 5.91 Å². The first kappa shape index (κ1) is 15.5. The van der Waals surface area contributed by atoms with Crippen molar-refractivity contribution < 1.29 is 4.79 Å². The maximum absolute atomic E-state index is 12.2. The summed E-state index contributed by atoms with van der Waals surface area (Å²) in [5, 5.41) is 4.89. The monoisotopic (exact) mass is 348 g/mol. The number of imidazole rings is 1. The van der Waals surface area contributed by atoms with Crippen LogP contribution in [0.2, 0.25) is 0 Å². The fourth-order valence-electron chi connectivity index (χ4n) is 2.62. The molecule has 0 aliphatic rings. The highest BCUT2D eigenvalue weighted by Crippen LogP contribution is 2.23. The molecule has 6 heteroatoms. The van der Waals surface area contributed by atoms with Crippen molar-refractivity contribution in [2.24, 2.45) is 0 Å². The summed E-state index contributed by atoms with van der Waals surface area (Å²) in [6, 6.07) is 15.7.